The van der Waals surface area contributed by atoms with Crippen molar-refractivity contribution < 1.29 is 18.7 Å². The van der Waals surface area contributed by atoms with Gasteiger partial charge in [-0.1, -0.05) is 0 Å². The number of rotatable bonds is 3. The van der Waals surface area contributed by atoms with Crippen LogP contribution in [0.2, 0.25) is 0 Å². The number of hydrogen-bond donors (Lipinski definition) is 2. The number of aromatic amines is 1. The molecule has 1 aliphatic heterocycles. The van der Waals surface area contributed by atoms with Gasteiger partial charge in [-0.05, 0) is 49.7 Å². The lowest BCUT2D eigenvalue weighted by atomic mass is 9.95. The van der Waals surface area contributed by atoms with E-state index in [4.69, 9.17) is 4.74 Å². The Hall–Kier alpha value is -3.48. The van der Waals surface area contributed by atoms with E-state index < -0.39 is 11.8 Å². The van der Waals surface area contributed by atoms with Gasteiger partial charge >= 0.3 is 5.97 Å². The molecule has 1 aliphatic rings. The molecule has 0 fully saturated rings. The molecule has 0 saturated heterocycles. The van der Waals surface area contributed by atoms with Crippen LogP contribution >= 0.6 is 0 Å². The Labute approximate surface area is 160 Å². The van der Waals surface area contributed by atoms with E-state index >= 15 is 0 Å². The standard InChI is InChI=1S/C21H18FN3O3/c1-3-28-21(27)15-10-17(26)25-19-14-9-13(22)4-5-16(14)24-20(19)18(15)12-6-7-23-11(2)8-12/h4-9,24H,3,10H2,1-2H3,(H,25,26). The largest absolute Gasteiger partial charge is 0.463 e. The fraction of sp³-hybridized carbons (Fsp3) is 0.190. The number of amides is 1. The van der Waals surface area contributed by atoms with Gasteiger partial charge in [0.25, 0.3) is 0 Å². The number of carbonyl (C=O) groups is 2. The Bertz CT molecular complexity index is 1150. The van der Waals surface area contributed by atoms with Crippen LogP contribution in [0.4, 0.5) is 10.1 Å². The van der Waals surface area contributed by atoms with Crippen molar-refractivity contribution in [1.82, 2.24) is 9.97 Å². The molecule has 0 unspecified atom stereocenters. The van der Waals surface area contributed by atoms with Crippen molar-refractivity contribution in [3.05, 3.63) is 64.9 Å². The van der Waals surface area contributed by atoms with Crippen molar-refractivity contribution in [2.24, 2.45) is 0 Å². The van der Waals surface area contributed by atoms with Gasteiger partial charge < -0.3 is 15.0 Å². The lowest BCUT2D eigenvalue weighted by molar-refractivity contribution is -0.139. The van der Waals surface area contributed by atoms with Crippen molar-refractivity contribution in [1.29, 1.82) is 0 Å². The summed E-state index contributed by atoms with van der Waals surface area (Å²) < 4.78 is 19.0. The van der Waals surface area contributed by atoms with Crippen LogP contribution in [0.5, 0.6) is 0 Å². The summed E-state index contributed by atoms with van der Waals surface area (Å²) in [6.45, 7) is 3.75. The highest BCUT2D eigenvalue weighted by molar-refractivity contribution is 6.16. The summed E-state index contributed by atoms with van der Waals surface area (Å²) in [5.41, 5.74) is 3.92. The minimum Gasteiger partial charge on any atom is -0.463 e. The smallest absolute Gasteiger partial charge is 0.335 e. The second kappa shape index (κ2) is 6.92. The molecule has 0 spiro atoms. The van der Waals surface area contributed by atoms with Gasteiger partial charge in [0.05, 0.1) is 30.0 Å². The number of fused-ring (bicyclic) bond motifs is 3. The number of anilines is 1. The van der Waals surface area contributed by atoms with Crippen LogP contribution in [0.15, 0.2) is 42.1 Å². The van der Waals surface area contributed by atoms with Gasteiger partial charge in [-0.25, -0.2) is 9.18 Å². The van der Waals surface area contributed by atoms with E-state index in [1.165, 1.54) is 12.1 Å². The van der Waals surface area contributed by atoms with Gasteiger partial charge in [0.1, 0.15) is 5.82 Å². The first-order valence-electron chi connectivity index (χ1n) is 8.92. The first-order valence-corrected chi connectivity index (χ1v) is 8.92. The Kier molecular flexibility index (Phi) is 4.43. The molecule has 4 rings (SSSR count). The van der Waals surface area contributed by atoms with Crippen LogP contribution < -0.4 is 5.32 Å². The number of hydrogen-bond acceptors (Lipinski definition) is 4. The molecular weight excluding hydrogens is 361 g/mol. The summed E-state index contributed by atoms with van der Waals surface area (Å²) >= 11 is 0. The molecule has 1 aromatic carbocycles. The van der Waals surface area contributed by atoms with E-state index in [9.17, 15) is 14.0 Å². The highest BCUT2D eigenvalue weighted by atomic mass is 19.1. The molecule has 0 bridgehead atoms. The number of pyridine rings is 1. The zero-order valence-corrected chi connectivity index (χ0v) is 15.4. The predicted molar refractivity (Wildman–Crippen MR) is 103 cm³/mol. The third-order valence-electron chi connectivity index (χ3n) is 4.62. The molecular formula is C21H18FN3O3. The second-order valence-corrected chi connectivity index (χ2v) is 6.55. The first-order chi connectivity index (χ1) is 13.5. The van der Waals surface area contributed by atoms with E-state index in [-0.39, 0.29) is 24.5 Å². The maximum absolute atomic E-state index is 13.8. The van der Waals surface area contributed by atoms with Gasteiger partial charge in [-0.3, -0.25) is 9.78 Å². The number of carbonyl (C=O) groups excluding carboxylic acids is 2. The Balaban J connectivity index is 2.07. The maximum Gasteiger partial charge on any atom is 0.335 e. The second-order valence-electron chi connectivity index (χ2n) is 6.55. The van der Waals surface area contributed by atoms with Gasteiger partial charge in [-0.2, -0.15) is 0 Å². The number of esters is 1. The summed E-state index contributed by atoms with van der Waals surface area (Å²) in [4.78, 5) is 32.7. The first kappa shape index (κ1) is 17.9. The quantitative estimate of drug-likeness (QED) is 0.680. The molecule has 7 heteroatoms. The average Bonchev–Trinajstić information content (AvgIpc) is 2.91. The number of aromatic nitrogens is 2. The van der Waals surface area contributed by atoms with E-state index in [0.717, 1.165) is 11.3 Å². The van der Waals surface area contributed by atoms with Crippen LogP contribution in [0.1, 0.15) is 30.3 Å². The normalized spacial score (nSPS) is 13.9. The van der Waals surface area contributed by atoms with Gasteiger partial charge in [-0.15, -0.1) is 0 Å². The van der Waals surface area contributed by atoms with Crippen LogP contribution in [-0.2, 0) is 14.3 Å². The summed E-state index contributed by atoms with van der Waals surface area (Å²) in [6.07, 6.45) is 1.50. The lowest BCUT2D eigenvalue weighted by Crippen LogP contribution is -2.16. The number of aryl methyl sites for hydroxylation is 1. The highest BCUT2D eigenvalue weighted by Gasteiger charge is 2.30. The maximum atomic E-state index is 13.8. The average molecular weight is 379 g/mol. The van der Waals surface area contributed by atoms with Gasteiger partial charge in [0.15, 0.2) is 0 Å². The minimum absolute atomic E-state index is 0.144. The lowest BCUT2D eigenvalue weighted by Gasteiger charge is -2.12. The van der Waals surface area contributed by atoms with Crippen molar-refractivity contribution in [3.8, 4) is 0 Å². The van der Waals surface area contributed by atoms with Crippen molar-refractivity contribution in [3.63, 3.8) is 0 Å². The number of halogens is 1. The third kappa shape index (κ3) is 3.05. The summed E-state index contributed by atoms with van der Waals surface area (Å²) in [7, 11) is 0. The number of benzene rings is 1. The van der Waals surface area contributed by atoms with Crippen molar-refractivity contribution in [2.75, 3.05) is 11.9 Å². The fourth-order valence-corrected chi connectivity index (χ4v) is 3.48. The van der Waals surface area contributed by atoms with E-state index in [1.54, 1.807) is 25.3 Å². The number of nitrogens with one attached hydrogen (secondary N) is 2. The number of ether oxygens (including phenoxy) is 1. The van der Waals surface area contributed by atoms with E-state index in [0.29, 0.717) is 27.9 Å². The SMILES string of the molecule is CCOC(=O)C1=C(c2ccnc(C)c2)c2[nH]c3ccc(F)cc3c2NC(=O)C1. The van der Waals surface area contributed by atoms with Crippen molar-refractivity contribution in [2.45, 2.75) is 20.3 Å². The Morgan fingerprint density at radius 1 is 1.29 bits per heavy atom. The fourth-order valence-electron chi connectivity index (χ4n) is 3.48. The summed E-state index contributed by atoms with van der Waals surface area (Å²) in [6, 6.07) is 7.90. The summed E-state index contributed by atoms with van der Waals surface area (Å²) in [5, 5.41) is 3.35. The molecule has 6 nitrogen and oxygen atoms in total. The third-order valence-corrected chi connectivity index (χ3v) is 4.62. The topological polar surface area (TPSA) is 84.1 Å². The molecule has 3 aromatic rings. The van der Waals surface area contributed by atoms with Crippen LogP contribution in [0, 0.1) is 12.7 Å². The molecule has 0 saturated carbocycles. The molecule has 28 heavy (non-hydrogen) atoms. The molecule has 0 aliphatic carbocycles. The number of nitrogens with zero attached hydrogens (tertiary/aromatic N) is 1. The Morgan fingerprint density at radius 2 is 2.11 bits per heavy atom. The highest BCUT2D eigenvalue weighted by Crippen LogP contribution is 2.40. The van der Waals surface area contributed by atoms with E-state index in [1.807, 2.05) is 13.0 Å². The molecule has 0 atom stereocenters. The molecule has 142 valence electrons. The predicted octanol–water partition coefficient (Wildman–Crippen LogP) is 3.72. The van der Waals surface area contributed by atoms with Gasteiger partial charge in [0, 0.05) is 28.4 Å². The minimum atomic E-state index is -0.556. The molecule has 1 amide bonds. The van der Waals surface area contributed by atoms with Gasteiger partial charge in [0.2, 0.25) is 5.91 Å². The molecule has 2 aromatic heterocycles. The number of H-pyrrole nitrogens is 1. The van der Waals surface area contributed by atoms with Crippen molar-refractivity contribution >= 4 is 34.0 Å². The van der Waals surface area contributed by atoms with Crippen LogP contribution in [0.3, 0.4) is 0 Å². The Morgan fingerprint density at radius 3 is 2.86 bits per heavy atom. The zero-order chi connectivity index (χ0) is 19.8. The monoisotopic (exact) mass is 379 g/mol. The molecule has 0 radical (unpaired) electrons. The van der Waals surface area contributed by atoms with Crippen LogP contribution in [0.25, 0.3) is 16.5 Å². The van der Waals surface area contributed by atoms with E-state index in [2.05, 4.69) is 15.3 Å². The molecule has 3 heterocycles. The zero-order valence-electron chi connectivity index (χ0n) is 15.4. The van der Waals surface area contributed by atoms with Crippen LogP contribution in [-0.4, -0.2) is 28.5 Å². The molecule has 2 N–H and O–H groups in total. The summed E-state index contributed by atoms with van der Waals surface area (Å²) in [5.74, 6) is -1.33.